The van der Waals surface area contributed by atoms with Gasteiger partial charge < -0.3 is 19.9 Å². The molecule has 0 spiro atoms. The van der Waals surface area contributed by atoms with Crippen LogP contribution in [0, 0.1) is 0 Å². The molecule has 0 aromatic heterocycles. The molecule has 7 heteroatoms. The first-order valence-electron chi connectivity index (χ1n) is 10.6. The van der Waals surface area contributed by atoms with Crippen molar-refractivity contribution in [3.63, 3.8) is 0 Å². The molecule has 0 aromatic rings. The first kappa shape index (κ1) is 22.5. The molecule has 1 N–H and O–H groups in total. The van der Waals surface area contributed by atoms with Crippen molar-refractivity contribution in [1.29, 1.82) is 0 Å². The van der Waals surface area contributed by atoms with Gasteiger partial charge in [-0.1, -0.05) is 12.2 Å². The molecule has 7 nitrogen and oxygen atoms in total. The van der Waals surface area contributed by atoms with E-state index in [1.807, 2.05) is 27.7 Å². The highest BCUT2D eigenvalue weighted by Crippen LogP contribution is 2.18. The summed E-state index contributed by atoms with van der Waals surface area (Å²) in [4.78, 5) is 23.6. The van der Waals surface area contributed by atoms with Crippen molar-refractivity contribution >= 4 is 12.1 Å². The monoisotopic (exact) mass is 393 g/mol. The third-order valence-electron chi connectivity index (χ3n) is 5.31. The fourth-order valence-corrected chi connectivity index (χ4v) is 3.52. The minimum absolute atomic E-state index is 0.0727. The average molecular weight is 394 g/mol. The fraction of sp³-hybridized carbons (Fsp3) is 0.810. The quantitative estimate of drug-likeness (QED) is 0.427. The standard InChI is InChI=1S/C21H39N5O2/c1-7-22-19(26-15-11-18(16-26)25-13-8-9-14-25)23-12-10-17(2)24(6)20(27)28-21(3,4)5/h8-9,17-18H,7,10-16H2,1-6H3,(H,22,23). The summed E-state index contributed by atoms with van der Waals surface area (Å²) < 4.78 is 5.45. The van der Waals surface area contributed by atoms with E-state index in [1.54, 1.807) is 11.9 Å². The van der Waals surface area contributed by atoms with Crippen LogP contribution < -0.4 is 5.32 Å². The zero-order chi connectivity index (χ0) is 20.7. The van der Waals surface area contributed by atoms with Gasteiger partial charge in [-0.25, -0.2) is 4.79 Å². The Balaban J connectivity index is 1.84. The van der Waals surface area contributed by atoms with E-state index in [0.29, 0.717) is 12.6 Å². The second kappa shape index (κ2) is 10.1. The van der Waals surface area contributed by atoms with Crippen molar-refractivity contribution < 1.29 is 9.53 Å². The third-order valence-corrected chi connectivity index (χ3v) is 5.31. The van der Waals surface area contributed by atoms with Gasteiger partial charge in [0.2, 0.25) is 0 Å². The van der Waals surface area contributed by atoms with Crippen LogP contribution in [0.2, 0.25) is 0 Å². The zero-order valence-electron chi connectivity index (χ0n) is 18.6. The van der Waals surface area contributed by atoms with Gasteiger partial charge in [-0.05, 0) is 47.5 Å². The van der Waals surface area contributed by atoms with Crippen LogP contribution in [0.4, 0.5) is 4.79 Å². The van der Waals surface area contributed by atoms with Crippen LogP contribution in [-0.4, -0.2) is 90.8 Å². The molecule has 2 aliphatic rings. The summed E-state index contributed by atoms with van der Waals surface area (Å²) in [5.74, 6) is 0.990. The topological polar surface area (TPSA) is 60.4 Å². The molecule has 1 saturated heterocycles. The smallest absolute Gasteiger partial charge is 0.410 e. The van der Waals surface area contributed by atoms with Gasteiger partial charge in [-0.2, -0.15) is 0 Å². The number of nitrogens with zero attached hydrogens (tertiary/aromatic N) is 4. The molecule has 0 bridgehead atoms. The number of hydrogen-bond donors (Lipinski definition) is 1. The van der Waals surface area contributed by atoms with Gasteiger partial charge in [-0.3, -0.25) is 9.89 Å². The van der Waals surface area contributed by atoms with Gasteiger partial charge in [0.15, 0.2) is 5.96 Å². The highest BCUT2D eigenvalue weighted by atomic mass is 16.6. The SMILES string of the molecule is CCNC(=NCCC(C)N(C)C(=O)OC(C)(C)C)N1CCC(N2CC=CC2)C1. The van der Waals surface area contributed by atoms with Gasteiger partial charge in [0.1, 0.15) is 5.60 Å². The van der Waals surface area contributed by atoms with E-state index in [0.717, 1.165) is 45.1 Å². The number of rotatable bonds is 6. The van der Waals surface area contributed by atoms with Crippen molar-refractivity contribution in [3.05, 3.63) is 12.2 Å². The molecule has 2 heterocycles. The summed E-state index contributed by atoms with van der Waals surface area (Å²) >= 11 is 0. The number of likely N-dealkylation sites (tertiary alicyclic amines) is 1. The van der Waals surface area contributed by atoms with Crippen LogP contribution in [0.15, 0.2) is 17.1 Å². The lowest BCUT2D eigenvalue weighted by Crippen LogP contribution is -2.43. The van der Waals surface area contributed by atoms with Crippen molar-refractivity contribution in [2.75, 3.05) is 46.3 Å². The molecule has 0 radical (unpaired) electrons. The summed E-state index contributed by atoms with van der Waals surface area (Å²) in [6.45, 7) is 15.6. The van der Waals surface area contributed by atoms with Gasteiger partial charge in [0.05, 0.1) is 0 Å². The first-order valence-corrected chi connectivity index (χ1v) is 10.6. The summed E-state index contributed by atoms with van der Waals surface area (Å²) in [5, 5.41) is 3.43. The van der Waals surface area contributed by atoms with Crippen LogP contribution in [0.1, 0.15) is 47.5 Å². The average Bonchev–Trinajstić information content (AvgIpc) is 3.29. The molecular formula is C21H39N5O2. The summed E-state index contributed by atoms with van der Waals surface area (Å²) in [6.07, 6.45) is 6.22. The highest BCUT2D eigenvalue weighted by molar-refractivity contribution is 5.80. The number of carbonyl (C=O) groups is 1. The summed E-state index contributed by atoms with van der Waals surface area (Å²) in [7, 11) is 1.79. The van der Waals surface area contributed by atoms with E-state index in [1.165, 1.54) is 6.42 Å². The molecule has 28 heavy (non-hydrogen) atoms. The van der Waals surface area contributed by atoms with Crippen LogP contribution in [0.5, 0.6) is 0 Å². The minimum Gasteiger partial charge on any atom is -0.444 e. The molecule has 0 saturated carbocycles. The Bertz CT molecular complexity index is 562. The van der Waals surface area contributed by atoms with Crippen LogP contribution in [0.3, 0.4) is 0 Å². The Morgan fingerprint density at radius 2 is 2.04 bits per heavy atom. The predicted molar refractivity (Wildman–Crippen MR) is 115 cm³/mol. The van der Waals surface area contributed by atoms with Crippen LogP contribution >= 0.6 is 0 Å². The second-order valence-corrected chi connectivity index (χ2v) is 8.78. The van der Waals surface area contributed by atoms with E-state index in [-0.39, 0.29) is 12.1 Å². The Morgan fingerprint density at radius 1 is 1.36 bits per heavy atom. The number of guanidine groups is 1. The molecule has 1 amide bonds. The number of carbonyl (C=O) groups excluding carboxylic acids is 1. The fourth-order valence-electron chi connectivity index (χ4n) is 3.52. The lowest BCUT2D eigenvalue weighted by Gasteiger charge is -2.28. The summed E-state index contributed by atoms with van der Waals surface area (Å²) in [5.41, 5.74) is -0.474. The zero-order valence-corrected chi connectivity index (χ0v) is 18.6. The highest BCUT2D eigenvalue weighted by Gasteiger charge is 2.29. The van der Waals surface area contributed by atoms with Gasteiger partial charge in [0, 0.05) is 58.4 Å². The van der Waals surface area contributed by atoms with Crippen LogP contribution in [0.25, 0.3) is 0 Å². The third kappa shape index (κ3) is 6.69. The molecule has 2 aliphatic heterocycles. The van der Waals surface area contributed by atoms with E-state index < -0.39 is 5.60 Å². The van der Waals surface area contributed by atoms with Crippen molar-refractivity contribution in [2.24, 2.45) is 4.99 Å². The van der Waals surface area contributed by atoms with Gasteiger partial charge >= 0.3 is 6.09 Å². The van der Waals surface area contributed by atoms with Crippen LogP contribution in [-0.2, 0) is 4.74 Å². The Hall–Kier alpha value is -1.76. The molecule has 0 aliphatic carbocycles. The Kier molecular flexibility index (Phi) is 8.16. The second-order valence-electron chi connectivity index (χ2n) is 8.78. The minimum atomic E-state index is -0.474. The van der Waals surface area contributed by atoms with Crippen molar-refractivity contribution in [1.82, 2.24) is 20.0 Å². The Morgan fingerprint density at radius 3 is 2.64 bits per heavy atom. The number of aliphatic imine (C=N–C) groups is 1. The molecule has 2 rings (SSSR count). The number of nitrogens with one attached hydrogen (secondary N) is 1. The van der Waals surface area contributed by atoms with Gasteiger partial charge in [-0.15, -0.1) is 0 Å². The number of hydrogen-bond acceptors (Lipinski definition) is 4. The van der Waals surface area contributed by atoms with Crippen molar-refractivity contribution in [2.45, 2.75) is 65.1 Å². The first-order chi connectivity index (χ1) is 13.2. The number of amides is 1. The normalized spacial score (nSPS) is 21.9. The maximum Gasteiger partial charge on any atom is 0.410 e. The molecule has 1 fully saturated rings. The largest absolute Gasteiger partial charge is 0.444 e. The van der Waals surface area contributed by atoms with E-state index >= 15 is 0 Å². The maximum atomic E-state index is 12.2. The maximum absolute atomic E-state index is 12.2. The number of ether oxygens (including phenoxy) is 1. The van der Waals surface area contributed by atoms with Crippen molar-refractivity contribution in [3.8, 4) is 0 Å². The molecule has 160 valence electrons. The molecule has 2 atom stereocenters. The Labute approximate surface area is 170 Å². The predicted octanol–water partition coefficient (Wildman–Crippen LogP) is 2.54. The summed E-state index contributed by atoms with van der Waals surface area (Å²) in [6, 6.07) is 0.680. The van der Waals surface area contributed by atoms with E-state index in [4.69, 9.17) is 9.73 Å². The van der Waals surface area contributed by atoms with E-state index in [9.17, 15) is 4.79 Å². The molecule has 0 aromatic carbocycles. The van der Waals surface area contributed by atoms with E-state index in [2.05, 4.69) is 34.2 Å². The molecular weight excluding hydrogens is 354 g/mol. The lowest BCUT2D eigenvalue weighted by molar-refractivity contribution is 0.0231. The molecule has 2 unspecified atom stereocenters. The lowest BCUT2D eigenvalue weighted by atomic mass is 10.2. The van der Waals surface area contributed by atoms with Gasteiger partial charge in [0.25, 0.3) is 0 Å².